The fourth-order valence-electron chi connectivity index (χ4n) is 3.57. The van der Waals surface area contributed by atoms with Crippen molar-refractivity contribution in [2.24, 2.45) is 0 Å². The number of amides is 2. The molecule has 2 amide bonds. The summed E-state index contributed by atoms with van der Waals surface area (Å²) >= 11 is 0. The number of benzene rings is 1. The van der Waals surface area contributed by atoms with Crippen molar-refractivity contribution in [1.82, 2.24) is 25.6 Å². The van der Waals surface area contributed by atoms with E-state index in [0.29, 0.717) is 39.3 Å². The van der Waals surface area contributed by atoms with Crippen LogP contribution in [0.25, 0.3) is 10.9 Å². The minimum atomic E-state index is -1.04. The van der Waals surface area contributed by atoms with Gasteiger partial charge in [-0.3, -0.25) is 19.8 Å². The third-order valence-corrected chi connectivity index (χ3v) is 5.59. The molecule has 2 rings (SSSR count). The van der Waals surface area contributed by atoms with Crippen molar-refractivity contribution in [2.45, 2.75) is 38.9 Å². The highest BCUT2D eigenvalue weighted by Crippen LogP contribution is 2.21. The van der Waals surface area contributed by atoms with Crippen LogP contribution in [-0.2, 0) is 36.9 Å². The molecule has 36 heavy (non-hydrogen) atoms. The van der Waals surface area contributed by atoms with Crippen LogP contribution in [-0.4, -0.2) is 92.0 Å². The van der Waals surface area contributed by atoms with Gasteiger partial charge in [-0.2, -0.15) is 0 Å². The van der Waals surface area contributed by atoms with Crippen LogP contribution in [0, 0.1) is 0 Å². The smallest absolute Gasteiger partial charge is 0.245 e. The number of nitrogens with one attached hydrogen (secondary N) is 3. The van der Waals surface area contributed by atoms with Crippen LogP contribution < -0.4 is 16.1 Å². The average molecular weight is 506 g/mol. The lowest BCUT2D eigenvalue weighted by Crippen LogP contribution is -2.49. The molecule has 0 saturated heterocycles. The third-order valence-electron chi connectivity index (χ3n) is 5.59. The second-order valence-electron chi connectivity index (χ2n) is 8.45. The number of hydrazine groups is 1. The molecule has 0 saturated carbocycles. The van der Waals surface area contributed by atoms with Crippen LogP contribution >= 0.6 is 0 Å². The summed E-state index contributed by atoms with van der Waals surface area (Å²) in [5.74, 6) is -0.728. The number of aromatic nitrogens is 1. The molecular formula is C25H39N5O6. The van der Waals surface area contributed by atoms with Crippen LogP contribution in [0.3, 0.4) is 0 Å². The molecule has 0 fully saturated rings. The molecule has 11 nitrogen and oxygen atoms in total. The minimum Gasteiger partial charge on any atom is -0.394 e. The zero-order chi connectivity index (χ0) is 26.3. The second-order valence-corrected chi connectivity index (χ2v) is 8.45. The molecule has 1 aromatic heterocycles. The Bertz CT molecular complexity index is 979. The van der Waals surface area contributed by atoms with Crippen LogP contribution in [0.15, 0.2) is 30.3 Å². The van der Waals surface area contributed by atoms with Crippen LogP contribution in [0.4, 0.5) is 0 Å². The van der Waals surface area contributed by atoms with Crippen molar-refractivity contribution in [3.8, 4) is 0 Å². The highest BCUT2D eigenvalue weighted by molar-refractivity contribution is 5.88. The molecule has 1 aromatic carbocycles. The summed E-state index contributed by atoms with van der Waals surface area (Å²) < 4.78 is 12.7. The summed E-state index contributed by atoms with van der Waals surface area (Å²) in [6.07, 6.45) is 0.534. The van der Waals surface area contributed by atoms with Gasteiger partial charge in [-0.05, 0) is 31.5 Å². The van der Waals surface area contributed by atoms with E-state index in [0.717, 1.165) is 16.6 Å². The van der Waals surface area contributed by atoms with E-state index in [1.165, 1.54) is 6.92 Å². The van der Waals surface area contributed by atoms with Crippen LogP contribution in [0.2, 0.25) is 0 Å². The number of nitrogens with zero attached hydrogens (tertiary/aromatic N) is 2. The molecule has 0 bridgehead atoms. The number of carbonyl (C=O) groups excluding carboxylic acids is 3. The van der Waals surface area contributed by atoms with E-state index in [4.69, 9.17) is 9.47 Å². The Kier molecular flexibility index (Phi) is 13.1. The van der Waals surface area contributed by atoms with Gasteiger partial charge in [0.25, 0.3) is 0 Å². The Balaban J connectivity index is 1.76. The molecule has 0 aliphatic heterocycles. The first-order chi connectivity index (χ1) is 17.3. The standard InChI is InChI=1S/C25H39N5O6/c1-19(32)9-12-35-14-15-36-13-10-27-25(34)22(18-31)28-24(33)8-11-30-21(17-29(3)26-2)16-20-6-4-5-7-23(20)30/h4-7,16,22,26,31H,8-15,17-18H2,1-3H3,(H,27,34)(H,28,33)/t22-/m0/s1. The Labute approximate surface area is 212 Å². The minimum absolute atomic E-state index is 0.0736. The fourth-order valence-corrected chi connectivity index (χ4v) is 3.57. The number of ether oxygens (including phenoxy) is 2. The Morgan fingerprint density at radius 2 is 1.81 bits per heavy atom. The average Bonchev–Trinajstić information content (AvgIpc) is 3.21. The Morgan fingerprint density at radius 1 is 1.08 bits per heavy atom. The molecule has 0 unspecified atom stereocenters. The lowest BCUT2D eigenvalue weighted by atomic mass is 10.2. The first kappa shape index (κ1) is 29.4. The first-order valence-electron chi connectivity index (χ1n) is 12.1. The molecule has 4 N–H and O–H groups in total. The summed E-state index contributed by atoms with van der Waals surface area (Å²) in [6.45, 7) is 3.66. The number of Topliss-reactive ketones (excluding diaryl/α,β-unsaturated/α-hetero) is 1. The molecule has 1 heterocycles. The lowest BCUT2D eigenvalue weighted by molar-refractivity contribution is -0.130. The van der Waals surface area contributed by atoms with Gasteiger partial charge in [0.2, 0.25) is 11.8 Å². The summed E-state index contributed by atoms with van der Waals surface area (Å²) in [5.41, 5.74) is 5.17. The van der Waals surface area contributed by atoms with Gasteiger partial charge in [0.1, 0.15) is 11.8 Å². The van der Waals surface area contributed by atoms with Crippen molar-refractivity contribution < 1.29 is 29.0 Å². The number of aliphatic hydroxyl groups excluding tert-OH is 1. The lowest BCUT2D eigenvalue weighted by Gasteiger charge is -2.19. The molecule has 0 radical (unpaired) electrons. The zero-order valence-corrected chi connectivity index (χ0v) is 21.4. The number of aliphatic hydroxyl groups is 1. The van der Waals surface area contributed by atoms with Gasteiger partial charge in [0.05, 0.1) is 39.6 Å². The zero-order valence-electron chi connectivity index (χ0n) is 21.4. The van der Waals surface area contributed by atoms with Crippen LogP contribution in [0.1, 0.15) is 25.5 Å². The SMILES string of the molecule is CNN(C)Cc1cc2ccccc2n1CCC(=O)N[C@@H](CO)C(=O)NCCOCCOCCC(C)=O. The van der Waals surface area contributed by atoms with E-state index in [9.17, 15) is 19.5 Å². The largest absolute Gasteiger partial charge is 0.394 e. The molecule has 0 aliphatic carbocycles. The highest BCUT2D eigenvalue weighted by atomic mass is 16.5. The number of hydrogen-bond donors (Lipinski definition) is 4. The predicted octanol–water partition coefficient (Wildman–Crippen LogP) is 0.203. The predicted molar refractivity (Wildman–Crippen MR) is 136 cm³/mol. The number of para-hydroxylation sites is 1. The fraction of sp³-hybridized carbons (Fsp3) is 0.560. The summed E-state index contributed by atoms with van der Waals surface area (Å²) in [4.78, 5) is 35.8. The van der Waals surface area contributed by atoms with Gasteiger partial charge in [0.15, 0.2) is 0 Å². The summed E-state index contributed by atoms with van der Waals surface area (Å²) in [6, 6.07) is 9.05. The van der Waals surface area contributed by atoms with E-state index in [2.05, 4.69) is 26.7 Å². The number of fused-ring (bicyclic) bond motifs is 1. The van der Waals surface area contributed by atoms with Gasteiger partial charge in [-0.1, -0.05) is 18.2 Å². The Morgan fingerprint density at radius 3 is 2.50 bits per heavy atom. The van der Waals surface area contributed by atoms with Crippen molar-refractivity contribution in [3.63, 3.8) is 0 Å². The number of rotatable bonds is 18. The summed E-state index contributed by atoms with van der Waals surface area (Å²) in [5, 5.41) is 17.9. The van der Waals surface area contributed by atoms with E-state index >= 15 is 0 Å². The molecule has 200 valence electrons. The molecule has 2 aromatic rings. The van der Waals surface area contributed by atoms with Gasteiger partial charge < -0.3 is 29.8 Å². The number of ketones is 1. The molecule has 0 aliphatic rings. The third kappa shape index (κ3) is 10.0. The molecule has 0 spiro atoms. The Hall–Kier alpha value is -2.83. The van der Waals surface area contributed by atoms with Crippen LogP contribution in [0.5, 0.6) is 0 Å². The monoisotopic (exact) mass is 505 g/mol. The summed E-state index contributed by atoms with van der Waals surface area (Å²) in [7, 11) is 3.79. The van der Waals surface area contributed by atoms with Crippen molar-refractivity contribution in [2.75, 3.05) is 53.7 Å². The number of aryl methyl sites for hydroxylation is 1. The molecular weight excluding hydrogens is 466 g/mol. The molecule has 11 heteroatoms. The van der Waals surface area contributed by atoms with Crippen molar-refractivity contribution in [3.05, 3.63) is 36.0 Å². The number of hydrogen-bond acceptors (Lipinski definition) is 8. The number of carbonyl (C=O) groups is 3. The first-order valence-corrected chi connectivity index (χ1v) is 12.1. The van der Waals surface area contributed by atoms with Crippen molar-refractivity contribution >= 4 is 28.5 Å². The van der Waals surface area contributed by atoms with Crippen molar-refractivity contribution in [1.29, 1.82) is 0 Å². The van der Waals surface area contributed by atoms with Gasteiger partial charge in [0, 0.05) is 44.2 Å². The maximum atomic E-state index is 12.6. The normalized spacial score (nSPS) is 12.1. The van der Waals surface area contributed by atoms with E-state index in [1.807, 2.05) is 43.4 Å². The second kappa shape index (κ2) is 16.0. The maximum Gasteiger partial charge on any atom is 0.245 e. The molecule has 1 atom stereocenters. The highest BCUT2D eigenvalue weighted by Gasteiger charge is 2.20. The van der Waals surface area contributed by atoms with Gasteiger partial charge in [-0.25, -0.2) is 5.01 Å². The van der Waals surface area contributed by atoms with E-state index < -0.39 is 18.6 Å². The quantitative estimate of drug-likeness (QED) is 0.167. The van der Waals surface area contributed by atoms with E-state index in [-0.39, 0.29) is 31.3 Å². The maximum absolute atomic E-state index is 12.6. The topological polar surface area (TPSA) is 134 Å². The van der Waals surface area contributed by atoms with Gasteiger partial charge in [-0.15, -0.1) is 0 Å². The van der Waals surface area contributed by atoms with Gasteiger partial charge >= 0.3 is 0 Å². The van der Waals surface area contributed by atoms with E-state index in [1.54, 1.807) is 0 Å².